The van der Waals surface area contributed by atoms with Crippen molar-refractivity contribution < 1.29 is 13.2 Å². The Morgan fingerprint density at radius 3 is 2.48 bits per heavy atom. The molecule has 1 aromatic carbocycles. The normalized spacial score (nSPS) is 26.4. The molecule has 1 atom stereocenters. The quantitative estimate of drug-likeness (QED) is 0.769. The summed E-state index contributed by atoms with van der Waals surface area (Å²) >= 11 is 0. The fourth-order valence-electron chi connectivity index (χ4n) is 3.20. The van der Waals surface area contributed by atoms with Gasteiger partial charge in [-0.1, -0.05) is 38.5 Å². The maximum Gasteiger partial charge on any atom is 0.416 e. The highest BCUT2D eigenvalue weighted by Crippen LogP contribution is 2.38. The average molecular weight is 299 g/mol. The van der Waals surface area contributed by atoms with E-state index in [1.54, 1.807) is 6.07 Å². The Kier molecular flexibility index (Phi) is 4.39. The molecule has 21 heavy (non-hydrogen) atoms. The molecule has 4 heteroatoms. The Bertz CT molecular complexity index is 493. The van der Waals surface area contributed by atoms with Crippen LogP contribution in [0.25, 0.3) is 0 Å². The number of alkyl halides is 3. The maximum atomic E-state index is 12.8. The van der Waals surface area contributed by atoms with Crippen molar-refractivity contribution in [2.45, 2.75) is 64.1 Å². The van der Waals surface area contributed by atoms with Crippen molar-refractivity contribution in [2.24, 2.45) is 11.1 Å². The lowest BCUT2D eigenvalue weighted by atomic mass is 9.81. The Hall–Kier alpha value is -1.03. The van der Waals surface area contributed by atoms with Crippen LogP contribution in [0.2, 0.25) is 0 Å². The molecule has 0 aliphatic heterocycles. The molecule has 0 amide bonds. The van der Waals surface area contributed by atoms with Gasteiger partial charge < -0.3 is 5.73 Å². The molecule has 118 valence electrons. The monoisotopic (exact) mass is 299 g/mol. The number of halogens is 3. The van der Waals surface area contributed by atoms with Crippen LogP contribution >= 0.6 is 0 Å². The number of nitrogens with two attached hydrogens (primary N) is 1. The van der Waals surface area contributed by atoms with Crippen LogP contribution in [0.5, 0.6) is 0 Å². The van der Waals surface area contributed by atoms with Crippen LogP contribution in [-0.4, -0.2) is 5.54 Å². The zero-order valence-corrected chi connectivity index (χ0v) is 12.8. The Morgan fingerprint density at radius 2 is 1.81 bits per heavy atom. The first-order chi connectivity index (χ1) is 9.60. The smallest absolute Gasteiger partial charge is 0.325 e. The van der Waals surface area contributed by atoms with Crippen LogP contribution < -0.4 is 5.73 Å². The second kappa shape index (κ2) is 5.64. The second-order valence-corrected chi connectivity index (χ2v) is 7.26. The molecule has 2 N–H and O–H groups in total. The number of benzene rings is 1. The van der Waals surface area contributed by atoms with Crippen molar-refractivity contribution in [1.82, 2.24) is 0 Å². The first-order valence-corrected chi connectivity index (χ1v) is 7.55. The van der Waals surface area contributed by atoms with Crippen molar-refractivity contribution in [3.05, 3.63) is 35.4 Å². The van der Waals surface area contributed by atoms with E-state index in [9.17, 15) is 13.2 Å². The summed E-state index contributed by atoms with van der Waals surface area (Å²) in [6.07, 6.45) is 1.19. The highest BCUT2D eigenvalue weighted by atomic mass is 19.4. The van der Waals surface area contributed by atoms with E-state index >= 15 is 0 Å². The SMILES string of the molecule is CC1(C)CCCC(N)(Cc2cccc(C(F)(F)F)c2)CC1. The first-order valence-electron chi connectivity index (χ1n) is 7.55. The Morgan fingerprint density at radius 1 is 1.10 bits per heavy atom. The van der Waals surface area contributed by atoms with Gasteiger partial charge in [-0.25, -0.2) is 0 Å². The Balaban J connectivity index is 2.13. The zero-order valence-electron chi connectivity index (χ0n) is 12.8. The lowest BCUT2D eigenvalue weighted by molar-refractivity contribution is -0.137. The summed E-state index contributed by atoms with van der Waals surface area (Å²) in [5, 5.41) is 0. The van der Waals surface area contributed by atoms with Crippen LogP contribution in [0.1, 0.15) is 57.1 Å². The van der Waals surface area contributed by atoms with Gasteiger partial charge in [-0.15, -0.1) is 0 Å². The molecule has 1 aliphatic carbocycles. The minimum atomic E-state index is -4.29. The van der Waals surface area contributed by atoms with E-state index in [2.05, 4.69) is 13.8 Å². The highest BCUT2D eigenvalue weighted by molar-refractivity contribution is 5.27. The molecular weight excluding hydrogens is 275 g/mol. The van der Waals surface area contributed by atoms with Crippen LogP contribution in [0.15, 0.2) is 24.3 Å². The van der Waals surface area contributed by atoms with Crippen LogP contribution in [0, 0.1) is 5.41 Å². The lowest BCUT2D eigenvalue weighted by Gasteiger charge is -2.29. The Labute approximate surface area is 124 Å². The molecule has 1 fully saturated rings. The van der Waals surface area contributed by atoms with Gasteiger partial charge in [0, 0.05) is 5.54 Å². The minimum Gasteiger partial charge on any atom is -0.325 e. The van der Waals surface area contributed by atoms with Gasteiger partial charge in [-0.3, -0.25) is 0 Å². The van der Waals surface area contributed by atoms with E-state index < -0.39 is 11.7 Å². The molecule has 1 saturated carbocycles. The fraction of sp³-hybridized carbons (Fsp3) is 0.647. The topological polar surface area (TPSA) is 26.0 Å². The zero-order chi connectivity index (χ0) is 15.7. The fourth-order valence-corrected chi connectivity index (χ4v) is 3.20. The molecular formula is C17H24F3N. The predicted molar refractivity (Wildman–Crippen MR) is 78.9 cm³/mol. The largest absolute Gasteiger partial charge is 0.416 e. The average Bonchev–Trinajstić information content (AvgIpc) is 2.48. The standard InChI is InChI=1S/C17H24F3N/c1-15(2)7-4-8-16(21,10-9-15)12-13-5-3-6-14(11-13)17(18,19)20/h3,5-6,11H,4,7-10,12,21H2,1-2H3. The van der Waals surface area contributed by atoms with Crippen molar-refractivity contribution in [3.63, 3.8) is 0 Å². The molecule has 1 aliphatic rings. The molecule has 0 spiro atoms. The number of hydrogen-bond donors (Lipinski definition) is 1. The summed E-state index contributed by atoms with van der Waals surface area (Å²) in [7, 11) is 0. The minimum absolute atomic E-state index is 0.287. The maximum absolute atomic E-state index is 12.8. The summed E-state index contributed by atoms with van der Waals surface area (Å²) in [5.41, 5.74) is 6.50. The van der Waals surface area contributed by atoms with Crippen LogP contribution in [-0.2, 0) is 12.6 Å². The van der Waals surface area contributed by atoms with Crippen molar-refractivity contribution in [2.75, 3.05) is 0 Å². The summed E-state index contributed by atoms with van der Waals surface area (Å²) in [4.78, 5) is 0. The van der Waals surface area contributed by atoms with Crippen molar-refractivity contribution in [3.8, 4) is 0 Å². The van der Waals surface area contributed by atoms with E-state index in [1.165, 1.54) is 12.1 Å². The molecule has 0 bridgehead atoms. The van der Waals surface area contributed by atoms with Gasteiger partial charge in [0.1, 0.15) is 0 Å². The van der Waals surface area contributed by atoms with Crippen molar-refractivity contribution >= 4 is 0 Å². The van der Waals surface area contributed by atoms with Gasteiger partial charge >= 0.3 is 6.18 Å². The van der Waals surface area contributed by atoms with E-state index in [1.807, 2.05) is 0 Å². The molecule has 1 nitrogen and oxygen atoms in total. The first kappa shape index (κ1) is 16.3. The summed E-state index contributed by atoms with van der Waals surface area (Å²) in [6, 6.07) is 5.58. The molecule has 1 aromatic rings. The summed E-state index contributed by atoms with van der Waals surface area (Å²) in [5.74, 6) is 0. The van der Waals surface area contributed by atoms with Gasteiger partial charge in [0.15, 0.2) is 0 Å². The molecule has 1 unspecified atom stereocenters. The van der Waals surface area contributed by atoms with E-state index in [-0.39, 0.29) is 11.0 Å². The third kappa shape index (κ3) is 4.47. The predicted octanol–water partition coefficient (Wildman–Crippen LogP) is 4.94. The van der Waals surface area contributed by atoms with Gasteiger partial charge in [-0.2, -0.15) is 13.2 Å². The van der Waals surface area contributed by atoms with Gasteiger partial charge in [0.2, 0.25) is 0 Å². The van der Waals surface area contributed by atoms with E-state index in [4.69, 9.17) is 5.73 Å². The lowest BCUT2D eigenvalue weighted by Crippen LogP contribution is -2.41. The second-order valence-electron chi connectivity index (χ2n) is 7.26. The summed E-state index contributed by atoms with van der Waals surface area (Å²) in [6.45, 7) is 4.48. The molecule has 0 radical (unpaired) electrons. The summed E-state index contributed by atoms with van der Waals surface area (Å²) < 4.78 is 38.3. The van der Waals surface area contributed by atoms with E-state index in [0.29, 0.717) is 12.0 Å². The van der Waals surface area contributed by atoms with Gasteiger partial charge in [0.25, 0.3) is 0 Å². The molecule has 0 heterocycles. The van der Waals surface area contributed by atoms with Crippen molar-refractivity contribution in [1.29, 1.82) is 0 Å². The third-order valence-electron chi connectivity index (χ3n) is 4.64. The van der Waals surface area contributed by atoms with Gasteiger partial charge in [-0.05, 0) is 49.1 Å². The van der Waals surface area contributed by atoms with Gasteiger partial charge in [0.05, 0.1) is 5.56 Å². The number of rotatable bonds is 2. The number of hydrogen-bond acceptors (Lipinski definition) is 1. The van der Waals surface area contributed by atoms with Crippen LogP contribution in [0.4, 0.5) is 13.2 Å². The van der Waals surface area contributed by atoms with E-state index in [0.717, 1.165) is 38.2 Å². The third-order valence-corrected chi connectivity index (χ3v) is 4.64. The highest BCUT2D eigenvalue weighted by Gasteiger charge is 2.34. The molecule has 0 saturated heterocycles. The van der Waals surface area contributed by atoms with Crippen LogP contribution in [0.3, 0.4) is 0 Å². The molecule has 2 rings (SSSR count). The molecule has 0 aromatic heterocycles.